The smallest absolute Gasteiger partial charge is 0.143 e. The van der Waals surface area contributed by atoms with E-state index in [0.29, 0.717) is 11.0 Å². The molecule has 72 valence electrons. The van der Waals surface area contributed by atoms with Crippen LogP contribution in [0.25, 0.3) is 0 Å². The zero-order chi connectivity index (χ0) is 9.84. The molecule has 13 heavy (non-hydrogen) atoms. The lowest BCUT2D eigenvalue weighted by molar-refractivity contribution is 0.0866. The van der Waals surface area contributed by atoms with Crippen LogP contribution in [0.15, 0.2) is 16.6 Å². The fourth-order valence-corrected chi connectivity index (χ4v) is 1.46. The Hall–Kier alpha value is -0.160. The SMILES string of the molecule is CONCc1cc(F)c(Cl)c(Br)c1. The predicted octanol–water partition coefficient (Wildman–Crippen LogP) is 2.89. The third-order valence-electron chi connectivity index (χ3n) is 1.46. The summed E-state index contributed by atoms with van der Waals surface area (Å²) in [5.41, 5.74) is 3.37. The lowest BCUT2D eigenvalue weighted by Gasteiger charge is -2.04. The molecule has 0 atom stereocenters. The predicted molar refractivity (Wildman–Crippen MR) is 53.0 cm³/mol. The minimum Gasteiger partial charge on any atom is -0.305 e. The lowest BCUT2D eigenvalue weighted by atomic mass is 10.2. The number of halogens is 3. The second kappa shape index (κ2) is 4.91. The van der Waals surface area contributed by atoms with Gasteiger partial charge in [0.1, 0.15) is 5.82 Å². The van der Waals surface area contributed by atoms with Gasteiger partial charge in [0.25, 0.3) is 0 Å². The van der Waals surface area contributed by atoms with Gasteiger partial charge in [-0.05, 0) is 33.6 Å². The number of hydrogen-bond acceptors (Lipinski definition) is 2. The molecule has 0 unspecified atom stereocenters. The first-order valence-corrected chi connectivity index (χ1v) is 4.71. The molecule has 0 spiro atoms. The fraction of sp³-hybridized carbons (Fsp3) is 0.250. The number of hydrogen-bond donors (Lipinski definition) is 1. The molecule has 0 amide bonds. The molecule has 2 nitrogen and oxygen atoms in total. The average Bonchev–Trinajstić information content (AvgIpc) is 2.10. The molecule has 0 fully saturated rings. The number of hydroxylamine groups is 1. The molecule has 5 heteroatoms. The van der Waals surface area contributed by atoms with Crippen LogP contribution in [0, 0.1) is 5.82 Å². The molecule has 1 aromatic rings. The molecule has 0 aliphatic rings. The summed E-state index contributed by atoms with van der Waals surface area (Å²) in [7, 11) is 1.50. The summed E-state index contributed by atoms with van der Waals surface area (Å²) in [6.45, 7) is 0.434. The molecular weight excluding hydrogens is 260 g/mol. The van der Waals surface area contributed by atoms with Gasteiger partial charge in [-0.15, -0.1) is 0 Å². The van der Waals surface area contributed by atoms with Crippen molar-refractivity contribution in [2.45, 2.75) is 6.54 Å². The van der Waals surface area contributed by atoms with Crippen molar-refractivity contribution >= 4 is 27.5 Å². The summed E-state index contributed by atoms with van der Waals surface area (Å²) in [6.07, 6.45) is 0. The third kappa shape index (κ3) is 2.91. The van der Waals surface area contributed by atoms with Crippen LogP contribution in [0.1, 0.15) is 5.56 Å². The standard InChI is InChI=1S/C8H8BrClFNO/c1-13-12-4-5-2-6(9)8(10)7(11)3-5/h2-3,12H,4H2,1H3. The maximum absolute atomic E-state index is 13.0. The molecule has 1 aromatic carbocycles. The van der Waals surface area contributed by atoms with Gasteiger partial charge < -0.3 is 4.84 Å². The van der Waals surface area contributed by atoms with E-state index in [9.17, 15) is 4.39 Å². The highest BCUT2D eigenvalue weighted by Gasteiger charge is 2.06. The summed E-state index contributed by atoms with van der Waals surface area (Å²) in [4.78, 5) is 4.63. The first kappa shape index (κ1) is 10.9. The van der Waals surface area contributed by atoms with Gasteiger partial charge in [0.15, 0.2) is 0 Å². The van der Waals surface area contributed by atoms with E-state index in [4.69, 9.17) is 11.6 Å². The summed E-state index contributed by atoms with van der Waals surface area (Å²) < 4.78 is 13.6. The van der Waals surface area contributed by atoms with Crippen LogP contribution in [0.4, 0.5) is 4.39 Å². The van der Waals surface area contributed by atoms with Crippen LogP contribution < -0.4 is 5.48 Å². The van der Waals surface area contributed by atoms with E-state index in [2.05, 4.69) is 26.2 Å². The molecule has 1 N–H and O–H groups in total. The largest absolute Gasteiger partial charge is 0.305 e. The van der Waals surface area contributed by atoms with Gasteiger partial charge in [-0.25, -0.2) is 4.39 Å². The zero-order valence-electron chi connectivity index (χ0n) is 6.90. The molecule has 0 aliphatic carbocycles. The quantitative estimate of drug-likeness (QED) is 0.672. The Morgan fingerprint density at radius 2 is 2.31 bits per heavy atom. The van der Waals surface area contributed by atoms with E-state index in [1.165, 1.54) is 13.2 Å². The van der Waals surface area contributed by atoms with Gasteiger partial charge in [0.2, 0.25) is 0 Å². The molecule has 0 bridgehead atoms. The van der Waals surface area contributed by atoms with Gasteiger partial charge in [0, 0.05) is 11.0 Å². The van der Waals surface area contributed by atoms with Gasteiger partial charge in [-0.2, -0.15) is 5.48 Å². The zero-order valence-corrected chi connectivity index (χ0v) is 9.25. The molecule has 0 aromatic heterocycles. The maximum atomic E-state index is 13.0. The van der Waals surface area contributed by atoms with Gasteiger partial charge in [0.05, 0.1) is 12.1 Å². The molecule has 0 heterocycles. The minimum absolute atomic E-state index is 0.0983. The Morgan fingerprint density at radius 3 is 2.85 bits per heavy atom. The molecule has 0 saturated carbocycles. The number of nitrogens with one attached hydrogen (secondary N) is 1. The average molecular weight is 269 g/mol. The highest BCUT2D eigenvalue weighted by Crippen LogP contribution is 2.26. The highest BCUT2D eigenvalue weighted by molar-refractivity contribution is 9.10. The molecule has 1 rings (SSSR count). The van der Waals surface area contributed by atoms with Gasteiger partial charge in [-0.1, -0.05) is 11.6 Å². The Morgan fingerprint density at radius 1 is 1.62 bits per heavy atom. The molecule has 0 aliphatic heterocycles. The Bertz CT molecular complexity index is 285. The first-order chi connectivity index (χ1) is 6.15. The van der Waals surface area contributed by atoms with Crippen LogP contribution in [0.2, 0.25) is 5.02 Å². The second-order valence-electron chi connectivity index (χ2n) is 2.40. The third-order valence-corrected chi connectivity index (χ3v) is 2.70. The van der Waals surface area contributed by atoms with E-state index < -0.39 is 5.82 Å². The highest BCUT2D eigenvalue weighted by atomic mass is 79.9. The van der Waals surface area contributed by atoms with E-state index in [0.717, 1.165) is 5.56 Å². The second-order valence-corrected chi connectivity index (χ2v) is 3.63. The van der Waals surface area contributed by atoms with Crippen molar-refractivity contribution in [3.8, 4) is 0 Å². The summed E-state index contributed by atoms with van der Waals surface area (Å²) in [6, 6.07) is 3.09. The van der Waals surface area contributed by atoms with Crippen LogP contribution in [-0.4, -0.2) is 7.11 Å². The van der Waals surface area contributed by atoms with Gasteiger partial charge in [-0.3, -0.25) is 0 Å². The lowest BCUT2D eigenvalue weighted by Crippen LogP contribution is -2.10. The molecule has 0 radical (unpaired) electrons. The van der Waals surface area contributed by atoms with Crippen LogP contribution >= 0.6 is 27.5 Å². The van der Waals surface area contributed by atoms with Crippen molar-refractivity contribution in [1.82, 2.24) is 5.48 Å². The normalized spacial score (nSPS) is 10.5. The summed E-state index contributed by atoms with van der Waals surface area (Å²) in [5, 5.41) is 0.0983. The van der Waals surface area contributed by atoms with Gasteiger partial charge >= 0.3 is 0 Å². The Labute approximate surface area is 89.1 Å². The van der Waals surface area contributed by atoms with Crippen molar-refractivity contribution in [3.63, 3.8) is 0 Å². The van der Waals surface area contributed by atoms with Crippen molar-refractivity contribution in [3.05, 3.63) is 33.0 Å². The van der Waals surface area contributed by atoms with Crippen molar-refractivity contribution in [2.75, 3.05) is 7.11 Å². The number of rotatable bonds is 3. The summed E-state index contributed by atoms with van der Waals surface area (Å²) in [5.74, 6) is -0.441. The Kier molecular flexibility index (Phi) is 4.12. The maximum Gasteiger partial charge on any atom is 0.143 e. The monoisotopic (exact) mass is 267 g/mol. The minimum atomic E-state index is -0.441. The molecular formula is C8H8BrClFNO. The molecule has 0 saturated heterocycles. The van der Waals surface area contributed by atoms with Crippen LogP contribution in [0.5, 0.6) is 0 Å². The summed E-state index contributed by atoms with van der Waals surface area (Å²) >= 11 is 8.76. The van der Waals surface area contributed by atoms with Crippen LogP contribution in [-0.2, 0) is 11.4 Å². The van der Waals surface area contributed by atoms with Crippen molar-refractivity contribution < 1.29 is 9.23 Å². The number of benzene rings is 1. The fourth-order valence-electron chi connectivity index (χ4n) is 0.866. The topological polar surface area (TPSA) is 21.3 Å². The van der Waals surface area contributed by atoms with E-state index in [1.807, 2.05) is 0 Å². The Balaban J connectivity index is 2.86. The van der Waals surface area contributed by atoms with E-state index >= 15 is 0 Å². The first-order valence-electron chi connectivity index (χ1n) is 3.54. The van der Waals surface area contributed by atoms with Crippen molar-refractivity contribution in [1.29, 1.82) is 0 Å². The van der Waals surface area contributed by atoms with E-state index in [-0.39, 0.29) is 5.02 Å². The van der Waals surface area contributed by atoms with E-state index in [1.54, 1.807) is 6.07 Å². The van der Waals surface area contributed by atoms with Crippen LogP contribution in [0.3, 0.4) is 0 Å². The van der Waals surface area contributed by atoms with Crippen molar-refractivity contribution in [2.24, 2.45) is 0 Å².